The van der Waals surface area contributed by atoms with Crippen LogP contribution in [0.4, 0.5) is 0 Å². The lowest BCUT2D eigenvalue weighted by Crippen LogP contribution is -2.37. The number of benzene rings is 1. The molecule has 1 amide bonds. The van der Waals surface area contributed by atoms with E-state index in [9.17, 15) is 9.90 Å². The highest BCUT2D eigenvalue weighted by atomic mass is 16.5. The minimum atomic E-state index is -0.114. The van der Waals surface area contributed by atoms with Gasteiger partial charge in [-0.3, -0.25) is 9.78 Å². The molecule has 0 bridgehead atoms. The number of aromatic hydroxyl groups is 1. The van der Waals surface area contributed by atoms with E-state index in [4.69, 9.17) is 9.15 Å². The molecule has 0 spiro atoms. The van der Waals surface area contributed by atoms with Gasteiger partial charge in [0, 0.05) is 18.5 Å². The number of furan rings is 1. The summed E-state index contributed by atoms with van der Waals surface area (Å²) in [6.45, 7) is 3.46. The van der Waals surface area contributed by atoms with E-state index >= 15 is 0 Å². The predicted octanol–water partition coefficient (Wildman–Crippen LogP) is 3.66. The summed E-state index contributed by atoms with van der Waals surface area (Å²) in [5.41, 5.74) is 1.94. The Bertz CT molecular complexity index is 946. The van der Waals surface area contributed by atoms with E-state index in [1.807, 2.05) is 19.1 Å². The van der Waals surface area contributed by atoms with Gasteiger partial charge in [0.25, 0.3) is 5.91 Å². The van der Waals surface area contributed by atoms with Gasteiger partial charge in [-0.2, -0.15) is 0 Å². The van der Waals surface area contributed by atoms with Gasteiger partial charge in [0.1, 0.15) is 11.5 Å². The van der Waals surface area contributed by atoms with Crippen molar-refractivity contribution < 1.29 is 19.1 Å². The maximum absolute atomic E-state index is 13.3. The summed E-state index contributed by atoms with van der Waals surface area (Å²) in [6, 6.07) is 10.4. The Labute approximate surface area is 157 Å². The lowest BCUT2D eigenvalue weighted by atomic mass is 10.1. The smallest absolute Gasteiger partial charge is 0.256 e. The van der Waals surface area contributed by atoms with Crippen LogP contribution in [0, 0.1) is 6.92 Å². The van der Waals surface area contributed by atoms with Gasteiger partial charge in [-0.15, -0.1) is 0 Å². The number of nitrogens with zero attached hydrogens (tertiary/aromatic N) is 2. The summed E-state index contributed by atoms with van der Waals surface area (Å²) in [5.74, 6) is 0.765. The van der Waals surface area contributed by atoms with Crippen molar-refractivity contribution in [2.24, 2.45) is 0 Å². The first-order chi connectivity index (χ1) is 13.1. The third kappa shape index (κ3) is 3.80. The number of pyridine rings is 1. The number of phenols is 1. The van der Waals surface area contributed by atoms with E-state index in [-0.39, 0.29) is 17.8 Å². The third-order valence-corrected chi connectivity index (χ3v) is 4.88. The molecule has 1 saturated heterocycles. The van der Waals surface area contributed by atoms with Crippen molar-refractivity contribution in [2.45, 2.75) is 32.4 Å². The Hall–Kier alpha value is -2.86. The van der Waals surface area contributed by atoms with Gasteiger partial charge in [-0.25, -0.2) is 0 Å². The number of carbonyl (C=O) groups excluding carboxylic acids is 1. The monoisotopic (exact) mass is 366 g/mol. The number of phenolic OH excluding ortho intramolecular Hbond substituents is 1. The molecule has 0 aliphatic carbocycles. The Morgan fingerprint density at radius 3 is 2.96 bits per heavy atom. The zero-order valence-electron chi connectivity index (χ0n) is 15.2. The lowest BCUT2D eigenvalue weighted by molar-refractivity contribution is 0.0491. The third-order valence-electron chi connectivity index (χ3n) is 4.88. The van der Waals surface area contributed by atoms with Gasteiger partial charge < -0.3 is 19.2 Å². The lowest BCUT2D eigenvalue weighted by Gasteiger charge is -2.25. The zero-order valence-corrected chi connectivity index (χ0v) is 15.2. The molecule has 1 atom stereocenters. The molecular formula is C21H22N2O4. The van der Waals surface area contributed by atoms with E-state index in [2.05, 4.69) is 4.98 Å². The normalized spacial score (nSPS) is 16.7. The van der Waals surface area contributed by atoms with Crippen molar-refractivity contribution in [3.05, 3.63) is 59.7 Å². The zero-order chi connectivity index (χ0) is 18.8. The van der Waals surface area contributed by atoms with Crippen LogP contribution in [0.3, 0.4) is 0 Å². The van der Waals surface area contributed by atoms with Crippen LogP contribution in [0.15, 0.2) is 47.1 Å². The predicted molar refractivity (Wildman–Crippen MR) is 101 cm³/mol. The Kier molecular flexibility index (Phi) is 4.81. The second-order valence-electron chi connectivity index (χ2n) is 6.90. The number of carbonyl (C=O) groups is 1. The van der Waals surface area contributed by atoms with Crippen LogP contribution in [0.25, 0.3) is 10.9 Å². The van der Waals surface area contributed by atoms with Crippen LogP contribution >= 0.6 is 0 Å². The number of fused-ring (bicyclic) bond motifs is 1. The standard InChI is InChI=1S/C21H22N2O4/c1-14-19(11-15-10-16(24)6-7-20(15)22-14)21(25)23(12-17-4-2-8-26-17)13-18-5-3-9-27-18/h2,4,6-8,10-11,18,24H,3,5,9,12-13H2,1H3. The summed E-state index contributed by atoms with van der Waals surface area (Å²) in [7, 11) is 0. The number of amides is 1. The number of ether oxygens (including phenoxy) is 1. The van der Waals surface area contributed by atoms with Gasteiger partial charge in [0.15, 0.2) is 0 Å². The van der Waals surface area contributed by atoms with E-state index in [1.54, 1.807) is 35.4 Å². The summed E-state index contributed by atoms with van der Waals surface area (Å²) in [4.78, 5) is 19.6. The first kappa shape index (κ1) is 17.5. The van der Waals surface area contributed by atoms with Crippen molar-refractivity contribution in [1.82, 2.24) is 9.88 Å². The van der Waals surface area contributed by atoms with Crippen LogP contribution in [0.1, 0.15) is 34.7 Å². The molecule has 2 aromatic heterocycles. The second kappa shape index (κ2) is 7.40. The first-order valence-electron chi connectivity index (χ1n) is 9.14. The summed E-state index contributed by atoms with van der Waals surface area (Å²) >= 11 is 0. The molecule has 1 unspecified atom stereocenters. The van der Waals surface area contributed by atoms with E-state index in [1.165, 1.54) is 0 Å². The van der Waals surface area contributed by atoms with Gasteiger partial charge in [0.2, 0.25) is 0 Å². The minimum Gasteiger partial charge on any atom is -0.508 e. The Morgan fingerprint density at radius 1 is 1.33 bits per heavy atom. The van der Waals surface area contributed by atoms with Crippen LogP contribution in [0.2, 0.25) is 0 Å². The van der Waals surface area contributed by atoms with Gasteiger partial charge in [-0.1, -0.05) is 0 Å². The van der Waals surface area contributed by atoms with Crippen molar-refractivity contribution in [3.63, 3.8) is 0 Å². The molecule has 3 aromatic rings. The second-order valence-corrected chi connectivity index (χ2v) is 6.90. The fourth-order valence-electron chi connectivity index (χ4n) is 3.49. The molecule has 6 heteroatoms. The Morgan fingerprint density at radius 2 is 2.22 bits per heavy atom. The fourth-order valence-corrected chi connectivity index (χ4v) is 3.49. The summed E-state index contributed by atoms with van der Waals surface area (Å²) in [6.07, 6.45) is 3.62. The molecule has 1 aliphatic heterocycles. The highest BCUT2D eigenvalue weighted by molar-refractivity contribution is 5.98. The molecule has 27 heavy (non-hydrogen) atoms. The molecule has 140 valence electrons. The fraction of sp³-hybridized carbons (Fsp3) is 0.333. The van der Waals surface area contributed by atoms with Crippen LogP contribution in [-0.4, -0.2) is 40.2 Å². The maximum Gasteiger partial charge on any atom is 0.256 e. The minimum absolute atomic E-state index is 0.0432. The van der Waals surface area contributed by atoms with Crippen LogP contribution in [0.5, 0.6) is 5.75 Å². The molecule has 1 aromatic carbocycles. The number of aryl methyl sites for hydroxylation is 1. The molecule has 1 N–H and O–H groups in total. The highest BCUT2D eigenvalue weighted by Crippen LogP contribution is 2.23. The molecular weight excluding hydrogens is 344 g/mol. The molecule has 4 rings (SSSR count). The number of rotatable bonds is 5. The summed E-state index contributed by atoms with van der Waals surface area (Å²) < 4.78 is 11.2. The first-order valence-corrected chi connectivity index (χ1v) is 9.14. The largest absolute Gasteiger partial charge is 0.508 e. The van der Waals surface area contributed by atoms with Gasteiger partial charge >= 0.3 is 0 Å². The van der Waals surface area contributed by atoms with Crippen LogP contribution < -0.4 is 0 Å². The average molecular weight is 366 g/mol. The molecule has 1 aliphatic rings. The van der Waals surface area contributed by atoms with E-state index in [0.717, 1.165) is 36.1 Å². The van der Waals surface area contributed by atoms with Crippen molar-refractivity contribution in [1.29, 1.82) is 0 Å². The molecule has 0 radical (unpaired) electrons. The maximum atomic E-state index is 13.3. The van der Waals surface area contributed by atoms with Crippen LogP contribution in [-0.2, 0) is 11.3 Å². The Balaban J connectivity index is 1.66. The number of hydrogen-bond donors (Lipinski definition) is 1. The topological polar surface area (TPSA) is 75.8 Å². The SMILES string of the molecule is Cc1nc2ccc(O)cc2cc1C(=O)N(Cc1ccco1)CC1CCCO1. The molecule has 3 heterocycles. The summed E-state index contributed by atoms with van der Waals surface area (Å²) in [5, 5.41) is 10.5. The van der Waals surface area contributed by atoms with Gasteiger partial charge in [0.05, 0.1) is 35.7 Å². The number of hydrogen-bond acceptors (Lipinski definition) is 5. The molecule has 6 nitrogen and oxygen atoms in total. The van der Waals surface area contributed by atoms with Crippen molar-refractivity contribution in [2.75, 3.05) is 13.2 Å². The quantitative estimate of drug-likeness (QED) is 0.746. The highest BCUT2D eigenvalue weighted by Gasteiger charge is 2.25. The van der Waals surface area contributed by atoms with E-state index in [0.29, 0.717) is 24.3 Å². The van der Waals surface area contributed by atoms with Crippen molar-refractivity contribution >= 4 is 16.8 Å². The van der Waals surface area contributed by atoms with E-state index < -0.39 is 0 Å². The average Bonchev–Trinajstić information content (AvgIpc) is 3.34. The van der Waals surface area contributed by atoms with Crippen molar-refractivity contribution in [3.8, 4) is 5.75 Å². The number of aromatic nitrogens is 1. The molecule has 0 saturated carbocycles. The van der Waals surface area contributed by atoms with Gasteiger partial charge in [-0.05, 0) is 56.2 Å². The molecule has 1 fully saturated rings.